The molecular weight excluding hydrogens is 328 g/mol. The summed E-state index contributed by atoms with van der Waals surface area (Å²) in [4.78, 5) is 25.4. The van der Waals surface area contributed by atoms with Crippen LogP contribution in [0, 0.1) is 18.6 Å². The predicted octanol–water partition coefficient (Wildman–Crippen LogP) is 2.78. The van der Waals surface area contributed by atoms with E-state index in [1.807, 2.05) is 0 Å². The Hall–Kier alpha value is -2.80. The summed E-state index contributed by atoms with van der Waals surface area (Å²) in [6, 6.07) is 9.82. The van der Waals surface area contributed by atoms with E-state index in [9.17, 15) is 18.4 Å². The van der Waals surface area contributed by atoms with Crippen molar-refractivity contribution >= 4 is 23.2 Å². The van der Waals surface area contributed by atoms with Crippen LogP contribution in [-0.2, 0) is 9.59 Å². The highest BCUT2D eigenvalue weighted by Crippen LogP contribution is 2.13. The Morgan fingerprint density at radius 1 is 0.920 bits per heavy atom. The van der Waals surface area contributed by atoms with Crippen LogP contribution >= 0.6 is 0 Å². The van der Waals surface area contributed by atoms with E-state index < -0.39 is 5.82 Å². The monoisotopic (exact) mass is 347 g/mol. The number of likely N-dealkylation sites (N-methyl/N-ethyl adjacent to an activating group) is 1. The van der Waals surface area contributed by atoms with Gasteiger partial charge in [-0.05, 0) is 55.9 Å². The summed E-state index contributed by atoms with van der Waals surface area (Å²) in [6.45, 7) is 1.58. The SMILES string of the molecule is Cc1ccc(NC(=O)CN(C)CC(=O)Nc2ccc(F)cc2)cc1F. The first kappa shape index (κ1) is 18.5. The van der Waals surface area contributed by atoms with Crippen LogP contribution < -0.4 is 10.6 Å². The lowest BCUT2D eigenvalue weighted by Gasteiger charge is -2.16. The Labute approximate surface area is 144 Å². The van der Waals surface area contributed by atoms with Gasteiger partial charge >= 0.3 is 0 Å². The molecule has 2 amide bonds. The molecule has 0 saturated heterocycles. The second-order valence-electron chi connectivity index (χ2n) is 5.74. The Balaban J connectivity index is 1.81. The van der Waals surface area contributed by atoms with E-state index in [0.29, 0.717) is 16.9 Å². The summed E-state index contributed by atoms with van der Waals surface area (Å²) in [6.07, 6.45) is 0. The summed E-state index contributed by atoms with van der Waals surface area (Å²) < 4.78 is 26.3. The molecule has 0 aromatic heterocycles. The van der Waals surface area contributed by atoms with E-state index in [2.05, 4.69) is 10.6 Å². The average Bonchev–Trinajstić information content (AvgIpc) is 2.52. The predicted molar refractivity (Wildman–Crippen MR) is 92.3 cm³/mol. The highest BCUT2D eigenvalue weighted by molar-refractivity contribution is 5.94. The van der Waals surface area contributed by atoms with Crippen molar-refractivity contribution in [1.82, 2.24) is 4.90 Å². The zero-order valence-corrected chi connectivity index (χ0v) is 14.0. The minimum absolute atomic E-state index is 0.0208. The van der Waals surface area contributed by atoms with Gasteiger partial charge in [0, 0.05) is 11.4 Å². The third-order valence-corrected chi connectivity index (χ3v) is 3.41. The smallest absolute Gasteiger partial charge is 0.238 e. The Bertz CT molecular complexity index is 763. The van der Waals surface area contributed by atoms with Crippen LogP contribution in [0.1, 0.15) is 5.56 Å². The van der Waals surface area contributed by atoms with Crippen molar-refractivity contribution in [3.05, 3.63) is 59.7 Å². The lowest BCUT2D eigenvalue weighted by atomic mass is 10.2. The van der Waals surface area contributed by atoms with Gasteiger partial charge in [-0.3, -0.25) is 14.5 Å². The van der Waals surface area contributed by atoms with Crippen molar-refractivity contribution in [3.8, 4) is 0 Å². The van der Waals surface area contributed by atoms with Crippen LogP contribution in [0.5, 0.6) is 0 Å². The molecule has 0 fully saturated rings. The summed E-state index contributed by atoms with van der Waals surface area (Å²) >= 11 is 0. The molecule has 0 heterocycles. The normalized spacial score (nSPS) is 10.6. The molecule has 0 radical (unpaired) electrons. The van der Waals surface area contributed by atoms with Gasteiger partial charge in [0.05, 0.1) is 13.1 Å². The van der Waals surface area contributed by atoms with Gasteiger partial charge in [0.15, 0.2) is 0 Å². The van der Waals surface area contributed by atoms with Gasteiger partial charge in [-0.2, -0.15) is 0 Å². The van der Waals surface area contributed by atoms with E-state index in [0.717, 1.165) is 0 Å². The standard InChI is InChI=1S/C18H19F2N3O2/c1-12-3-6-15(9-16(12)20)22-18(25)11-23(2)10-17(24)21-14-7-4-13(19)5-8-14/h3-9H,10-11H2,1-2H3,(H,21,24)(H,22,25). The third kappa shape index (κ3) is 5.96. The van der Waals surface area contributed by atoms with E-state index in [1.165, 1.54) is 35.2 Å². The second kappa shape index (κ2) is 8.34. The molecule has 5 nitrogen and oxygen atoms in total. The fraction of sp³-hybridized carbons (Fsp3) is 0.222. The topological polar surface area (TPSA) is 61.4 Å². The lowest BCUT2D eigenvalue weighted by molar-refractivity contribution is -0.119. The fourth-order valence-electron chi connectivity index (χ4n) is 2.15. The van der Waals surface area contributed by atoms with Gasteiger partial charge in [-0.15, -0.1) is 0 Å². The van der Waals surface area contributed by atoms with Gasteiger partial charge < -0.3 is 10.6 Å². The number of carbonyl (C=O) groups is 2. The zero-order valence-electron chi connectivity index (χ0n) is 14.0. The van der Waals surface area contributed by atoms with Gasteiger partial charge in [0.2, 0.25) is 11.8 Å². The van der Waals surface area contributed by atoms with Crippen LogP contribution in [0.25, 0.3) is 0 Å². The molecule has 2 rings (SSSR count). The highest BCUT2D eigenvalue weighted by atomic mass is 19.1. The Morgan fingerprint density at radius 2 is 1.44 bits per heavy atom. The van der Waals surface area contributed by atoms with Gasteiger partial charge in [0.25, 0.3) is 0 Å². The molecule has 2 aromatic carbocycles. The van der Waals surface area contributed by atoms with E-state index >= 15 is 0 Å². The molecule has 132 valence electrons. The van der Waals surface area contributed by atoms with Crippen LogP contribution in [0.2, 0.25) is 0 Å². The largest absolute Gasteiger partial charge is 0.325 e. The zero-order chi connectivity index (χ0) is 18.4. The van der Waals surface area contributed by atoms with Crippen molar-refractivity contribution in [3.63, 3.8) is 0 Å². The number of rotatable bonds is 6. The molecule has 0 aliphatic rings. The van der Waals surface area contributed by atoms with Crippen molar-refractivity contribution in [2.75, 3.05) is 30.8 Å². The quantitative estimate of drug-likeness (QED) is 0.845. The fourth-order valence-corrected chi connectivity index (χ4v) is 2.15. The Kier molecular flexibility index (Phi) is 6.19. The number of aryl methyl sites for hydroxylation is 1. The van der Waals surface area contributed by atoms with Crippen LogP contribution in [-0.4, -0.2) is 36.9 Å². The number of carbonyl (C=O) groups excluding carboxylic acids is 2. The molecule has 0 saturated carbocycles. The first-order valence-corrected chi connectivity index (χ1v) is 7.63. The van der Waals surface area contributed by atoms with Gasteiger partial charge in [-0.25, -0.2) is 8.78 Å². The molecular formula is C18H19F2N3O2. The van der Waals surface area contributed by atoms with Crippen molar-refractivity contribution in [2.24, 2.45) is 0 Å². The molecule has 0 bridgehead atoms. The number of anilines is 2. The molecule has 7 heteroatoms. The number of nitrogens with one attached hydrogen (secondary N) is 2. The highest BCUT2D eigenvalue weighted by Gasteiger charge is 2.12. The summed E-state index contributed by atoms with van der Waals surface area (Å²) in [5.41, 5.74) is 1.32. The average molecular weight is 347 g/mol. The molecule has 0 aliphatic heterocycles. The first-order chi connectivity index (χ1) is 11.8. The molecule has 0 atom stereocenters. The molecule has 0 aliphatic carbocycles. The molecule has 0 unspecified atom stereocenters. The minimum Gasteiger partial charge on any atom is -0.325 e. The summed E-state index contributed by atoms with van der Waals surface area (Å²) in [7, 11) is 1.61. The molecule has 2 aromatic rings. The maximum Gasteiger partial charge on any atom is 0.238 e. The maximum absolute atomic E-state index is 13.5. The number of hydrogen-bond donors (Lipinski definition) is 2. The van der Waals surface area contributed by atoms with E-state index in [1.54, 1.807) is 26.1 Å². The van der Waals surface area contributed by atoms with Crippen molar-refractivity contribution in [2.45, 2.75) is 6.92 Å². The number of nitrogens with zero attached hydrogens (tertiary/aromatic N) is 1. The Morgan fingerprint density at radius 3 is 2.00 bits per heavy atom. The van der Waals surface area contributed by atoms with Crippen LogP contribution in [0.4, 0.5) is 20.2 Å². The van der Waals surface area contributed by atoms with Crippen LogP contribution in [0.15, 0.2) is 42.5 Å². The second-order valence-corrected chi connectivity index (χ2v) is 5.74. The summed E-state index contributed by atoms with van der Waals surface area (Å²) in [5.74, 6) is -1.48. The molecule has 0 spiro atoms. The van der Waals surface area contributed by atoms with E-state index in [4.69, 9.17) is 0 Å². The van der Waals surface area contributed by atoms with Crippen molar-refractivity contribution in [1.29, 1.82) is 0 Å². The number of hydrogen-bond acceptors (Lipinski definition) is 3. The summed E-state index contributed by atoms with van der Waals surface area (Å²) in [5, 5.41) is 5.18. The third-order valence-electron chi connectivity index (χ3n) is 3.41. The van der Waals surface area contributed by atoms with Crippen LogP contribution in [0.3, 0.4) is 0 Å². The maximum atomic E-state index is 13.5. The lowest BCUT2D eigenvalue weighted by Crippen LogP contribution is -2.36. The minimum atomic E-state index is -0.398. The first-order valence-electron chi connectivity index (χ1n) is 7.63. The van der Waals surface area contributed by atoms with Gasteiger partial charge in [0.1, 0.15) is 11.6 Å². The molecule has 25 heavy (non-hydrogen) atoms. The number of halogens is 2. The molecule has 2 N–H and O–H groups in total. The number of benzene rings is 2. The van der Waals surface area contributed by atoms with Gasteiger partial charge in [-0.1, -0.05) is 6.07 Å². The van der Waals surface area contributed by atoms with Crippen molar-refractivity contribution < 1.29 is 18.4 Å². The van der Waals surface area contributed by atoms with E-state index in [-0.39, 0.29) is 30.7 Å². The number of amides is 2.